The maximum absolute atomic E-state index is 12.2. The van der Waals surface area contributed by atoms with Gasteiger partial charge in [0, 0.05) is 17.6 Å². The van der Waals surface area contributed by atoms with Gasteiger partial charge in [0.1, 0.15) is 11.6 Å². The van der Waals surface area contributed by atoms with Crippen molar-refractivity contribution in [1.29, 1.82) is 5.26 Å². The number of carbonyl (C=O) groups is 1. The van der Waals surface area contributed by atoms with Crippen LogP contribution in [0.15, 0.2) is 24.3 Å². The third-order valence-corrected chi connectivity index (χ3v) is 4.13. The monoisotopic (exact) mass is 348 g/mol. The number of nitrogens with one attached hydrogen (secondary N) is 1. The summed E-state index contributed by atoms with van der Waals surface area (Å²) in [7, 11) is 1.61. The molecule has 1 N–H and O–H groups in total. The molecule has 0 spiro atoms. The van der Waals surface area contributed by atoms with E-state index >= 15 is 0 Å². The first-order valence-electron chi connectivity index (χ1n) is 6.72. The lowest BCUT2D eigenvalue weighted by atomic mass is 10.1. The number of carbonyl (C=O) groups excluding carboxylic acids is 1. The van der Waals surface area contributed by atoms with Crippen LogP contribution in [0.3, 0.4) is 0 Å². The topological polar surface area (TPSA) is 69.0 Å². The van der Waals surface area contributed by atoms with Gasteiger partial charge in [-0.1, -0.05) is 23.2 Å². The van der Waals surface area contributed by atoms with Gasteiger partial charge in [0.25, 0.3) is 5.91 Å². The highest BCUT2D eigenvalue weighted by Gasteiger charge is 2.18. The van der Waals surface area contributed by atoms with E-state index in [1.54, 1.807) is 45.2 Å². The Hall–Kier alpha value is -2.29. The fourth-order valence-electron chi connectivity index (χ4n) is 2.06. The summed E-state index contributed by atoms with van der Waals surface area (Å²) < 4.78 is 0. The molecule has 2 rings (SSSR count). The molecule has 0 atom stereocenters. The van der Waals surface area contributed by atoms with Crippen LogP contribution in [0.5, 0.6) is 0 Å². The van der Waals surface area contributed by atoms with Crippen LogP contribution in [-0.2, 0) is 0 Å². The van der Waals surface area contributed by atoms with Crippen LogP contribution in [0.1, 0.15) is 27.2 Å². The molecule has 0 aliphatic heterocycles. The van der Waals surface area contributed by atoms with Crippen molar-refractivity contribution in [3.8, 4) is 6.07 Å². The summed E-state index contributed by atoms with van der Waals surface area (Å²) in [5, 5.41) is 11.7. The van der Waals surface area contributed by atoms with Crippen molar-refractivity contribution in [2.45, 2.75) is 13.8 Å². The highest BCUT2D eigenvalue weighted by atomic mass is 35.5. The number of hydrogen-bond donors (Lipinski definition) is 1. The van der Waals surface area contributed by atoms with Gasteiger partial charge >= 0.3 is 0 Å². The molecule has 118 valence electrons. The number of rotatable bonds is 3. The highest BCUT2D eigenvalue weighted by molar-refractivity contribution is 6.32. The Bertz CT molecular complexity index is 797. The normalized spacial score (nSPS) is 10.1. The largest absolute Gasteiger partial charge is 0.270 e. The second-order valence-electron chi connectivity index (χ2n) is 4.95. The van der Waals surface area contributed by atoms with E-state index in [1.165, 1.54) is 5.01 Å². The fourth-order valence-corrected chi connectivity index (χ4v) is 2.32. The number of aryl methyl sites for hydroxylation is 1. The molecule has 0 radical (unpaired) electrons. The Balaban J connectivity index is 2.31. The number of hydrazine groups is 1. The molecule has 1 aromatic carbocycles. The van der Waals surface area contributed by atoms with Crippen LogP contribution in [-0.4, -0.2) is 17.9 Å². The van der Waals surface area contributed by atoms with Crippen LogP contribution in [0.25, 0.3) is 0 Å². The molecule has 0 aliphatic carbocycles. The van der Waals surface area contributed by atoms with Crippen LogP contribution in [0.4, 0.5) is 5.82 Å². The molecule has 5 nitrogen and oxygen atoms in total. The molecule has 23 heavy (non-hydrogen) atoms. The second kappa shape index (κ2) is 6.86. The lowest BCUT2D eigenvalue weighted by molar-refractivity contribution is 0.0951. The molecule has 0 fully saturated rings. The molecule has 1 amide bonds. The van der Waals surface area contributed by atoms with Gasteiger partial charge in [-0.25, -0.2) is 4.98 Å². The Morgan fingerprint density at radius 1 is 1.26 bits per heavy atom. The van der Waals surface area contributed by atoms with Crippen LogP contribution in [0, 0.1) is 25.2 Å². The summed E-state index contributed by atoms with van der Waals surface area (Å²) in [5.74, 6) is 0.00864. The van der Waals surface area contributed by atoms with Crippen LogP contribution < -0.4 is 10.4 Å². The molecule has 1 aromatic heterocycles. The first-order chi connectivity index (χ1) is 10.8. The van der Waals surface area contributed by atoms with Crippen molar-refractivity contribution in [2.24, 2.45) is 0 Å². The standard InChI is InChI=1S/C16H14Cl2N4O/c1-9-13(8-19)15(20-10(2)14(9)18)22(3)21-16(23)11-4-6-12(17)7-5-11/h4-7H,1-3H3,(H,21,23). The van der Waals surface area contributed by atoms with Crippen LogP contribution in [0.2, 0.25) is 10.0 Å². The Kier molecular flexibility index (Phi) is 5.09. The van der Waals surface area contributed by atoms with E-state index in [2.05, 4.69) is 16.5 Å². The summed E-state index contributed by atoms with van der Waals surface area (Å²) >= 11 is 11.9. The number of nitrogens with zero attached hydrogens (tertiary/aromatic N) is 3. The zero-order valence-corrected chi connectivity index (χ0v) is 14.3. The van der Waals surface area contributed by atoms with Crippen LogP contribution >= 0.6 is 23.2 Å². The Labute approximate surface area is 144 Å². The van der Waals surface area contributed by atoms with Gasteiger partial charge in [0.05, 0.1) is 10.7 Å². The van der Waals surface area contributed by atoms with Crippen molar-refractivity contribution in [2.75, 3.05) is 12.1 Å². The number of halogens is 2. The zero-order valence-electron chi connectivity index (χ0n) is 12.8. The minimum Gasteiger partial charge on any atom is -0.270 e. The summed E-state index contributed by atoms with van der Waals surface area (Å²) in [6.45, 7) is 3.49. The molecule has 1 heterocycles. The lowest BCUT2D eigenvalue weighted by Crippen LogP contribution is -2.40. The smallest absolute Gasteiger partial charge is 0.269 e. The molecule has 0 saturated heterocycles. The average Bonchev–Trinajstić information content (AvgIpc) is 2.52. The number of hydrogen-bond acceptors (Lipinski definition) is 4. The number of anilines is 1. The van der Waals surface area contributed by atoms with Crippen molar-refractivity contribution in [3.05, 3.63) is 56.7 Å². The number of aromatic nitrogens is 1. The van der Waals surface area contributed by atoms with E-state index in [0.717, 1.165) is 0 Å². The van der Waals surface area contributed by atoms with Gasteiger partial charge in [-0.3, -0.25) is 15.2 Å². The SMILES string of the molecule is Cc1nc(N(C)NC(=O)c2ccc(Cl)cc2)c(C#N)c(C)c1Cl. The van der Waals surface area contributed by atoms with E-state index < -0.39 is 0 Å². The Morgan fingerprint density at radius 3 is 2.43 bits per heavy atom. The quantitative estimate of drug-likeness (QED) is 0.859. The van der Waals surface area contributed by atoms with Gasteiger partial charge in [-0.05, 0) is 43.7 Å². The van der Waals surface area contributed by atoms with Gasteiger partial charge in [-0.2, -0.15) is 5.26 Å². The summed E-state index contributed by atoms with van der Waals surface area (Å²) in [6, 6.07) is 8.57. The van der Waals surface area contributed by atoms with Gasteiger partial charge in [0.15, 0.2) is 5.82 Å². The summed E-state index contributed by atoms with van der Waals surface area (Å²) in [5.41, 5.74) is 4.66. The molecule has 7 heteroatoms. The van der Waals surface area contributed by atoms with E-state index in [4.69, 9.17) is 23.2 Å². The number of nitriles is 1. The van der Waals surface area contributed by atoms with Crippen molar-refractivity contribution in [1.82, 2.24) is 10.4 Å². The lowest BCUT2D eigenvalue weighted by Gasteiger charge is -2.22. The van der Waals surface area contributed by atoms with Crippen molar-refractivity contribution >= 4 is 34.9 Å². The number of benzene rings is 1. The maximum Gasteiger partial charge on any atom is 0.269 e. The molecule has 0 unspecified atom stereocenters. The fraction of sp³-hybridized carbons (Fsp3) is 0.188. The van der Waals surface area contributed by atoms with Gasteiger partial charge < -0.3 is 0 Å². The first kappa shape index (κ1) is 17.1. The van der Waals surface area contributed by atoms with E-state index in [9.17, 15) is 10.1 Å². The molecular weight excluding hydrogens is 335 g/mol. The Morgan fingerprint density at radius 2 is 1.87 bits per heavy atom. The van der Waals surface area contributed by atoms with Gasteiger partial charge in [0.2, 0.25) is 0 Å². The average molecular weight is 349 g/mol. The third-order valence-electron chi connectivity index (χ3n) is 3.32. The first-order valence-corrected chi connectivity index (χ1v) is 7.47. The molecule has 0 bridgehead atoms. The van der Waals surface area contributed by atoms with Crippen molar-refractivity contribution in [3.63, 3.8) is 0 Å². The summed E-state index contributed by atoms with van der Waals surface area (Å²) in [6.07, 6.45) is 0. The predicted molar refractivity (Wildman–Crippen MR) is 90.8 cm³/mol. The molecular formula is C16H14Cl2N4O. The molecule has 2 aromatic rings. The highest BCUT2D eigenvalue weighted by Crippen LogP contribution is 2.27. The van der Waals surface area contributed by atoms with E-state index in [1.807, 2.05) is 0 Å². The third kappa shape index (κ3) is 3.55. The van der Waals surface area contributed by atoms with E-state index in [-0.39, 0.29) is 5.91 Å². The zero-order chi connectivity index (χ0) is 17.1. The molecule has 0 aliphatic rings. The second-order valence-corrected chi connectivity index (χ2v) is 5.77. The predicted octanol–water partition coefficient (Wildman–Crippen LogP) is 3.66. The van der Waals surface area contributed by atoms with Gasteiger partial charge in [-0.15, -0.1) is 0 Å². The molecule has 0 saturated carbocycles. The van der Waals surface area contributed by atoms with E-state index in [0.29, 0.717) is 38.2 Å². The number of amides is 1. The minimum absolute atomic E-state index is 0.319. The van der Waals surface area contributed by atoms with Crippen molar-refractivity contribution < 1.29 is 4.79 Å². The summed E-state index contributed by atoms with van der Waals surface area (Å²) in [4.78, 5) is 16.5. The number of pyridine rings is 1. The minimum atomic E-state index is -0.333. The maximum atomic E-state index is 12.2.